The van der Waals surface area contributed by atoms with Crippen LogP contribution in [0.3, 0.4) is 0 Å². The van der Waals surface area contributed by atoms with E-state index in [4.69, 9.17) is 4.74 Å². The van der Waals surface area contributed by atoms with Gasteiger partial charge in [0.2, 0.25) is 0 Å². The number of nitrogens with one attached hydrogen (secondary N) is 1. The molecule has 0 spiro atoms. The lowest BCUT2D eigenvalue weighted by Crippen LogP contribution is -2.12. The summed E-state index contributed by atoms with van der Waals surface area (Å²) in [5, 5.41) is 12.1. The lowest BCUT2D eigenvalue weighted by atomic mass is 10.1. The molecule has 74 valence electrons. The van der Waals surface area contributed by atoms with Gasteiger partial charge in [-0.1, -0.05) is 22.0 Å². The lowest BCUT2D eigenvalue weighted by molar-refractivity contribution is 0.139. The second-order valence-corrected chi connectivity index (χ2v) is 3.80. The Morgan fingerprint density at radius 3 is 2.93 bits per heavy atom. The summed E-state index contributed by atoms with van der Waals surface area (Å²) in [7, 11) is 0. The van der Waals surface area contributed by atoms with Crippen molar-refractivity contribution in [2.24, 2.45) is 0 Å². The third-order valence-corrected chi connectivity index (χ3v) is 2.72. The molecule has 1 atom stereocenters. The molecule has 2 rings (SSSR count). The molecule has 14 heavy (non-hydrogen) atoms. The third kappa shape index (κ3) is 1.55. The van der Waals surface area contributed by atoms with Crippen LogP contribution in [0, 0.1) is 0 Å². The number of hydrogen-bond acceptors (Lipinski definition) is 3. The molecule has 1 aliphatic rings. The van der Waals surface area contributed by atoms with Gasteiger partial charge in [-0.25, -0.2) is 4.79 Å². The molecule has 0 bridgehead atoms. The molecule has 0 radical (unpaired) electrons. The highest BCUT2D eigenvalue weighted by Crippen LogP contribution is 2.34. The smallest absolute Gasteiger partial charge is 0.407 e. The Hall–Kier alpha value is -1.23. The number of hydrogen-bond donors (Lipinski definition) is 2. The topological polar surface area (TPSA) is 58.6 Å². The molecule has 0 saturated carbocycles. The number of amides is 1. The van der Waals surface area contributed by atoms with E-state index in [1.807, 2.05) is 0 Å². The molecule has 2 N–H and O–H groups in total. The number of alkyl carbamates (subject to hydrolysis) is 1. The molecule has 1 aromatic rings. The molecule has 5 heteroatoms. The van der Waals surface area contributed by atoms with E-state index in [9.17, 15) is 9.90 Å². The van der Waals surface area contributed by atoms with Crippen LogP contribution in [0.25, 0.3) is 0 Å². The van der Waals surface area contributed by atoms with Crippen LogP contribution >= 0.6 is 15.9 Å². The molecule has 1 amide bonds. The van der Waals surface area contributed by atoms with Crippen LogP contribution in [0.4, 0.5) is 4.79 Å². The van der Waals surface area contributed by atoms with Crippen molar-refractivity contribution in [3.05, 3.63) is 28.2 Å². The number of aromatic hydroxyl groups is 1. The molecule has 4 nitrogen and oxygen atoms in total. The summed E-state index contributed by atoms with van der Waals surface area (Å²) in [5.74, 6) is 0.126. The summed E-state index contributed by atoms with van der Waals surface area (Å²) < 4.78 is 5.70. The SMILES string of the molecule is O=C1NCC(c2c(O)cccc2Br)O1. The van der Waals surface area contributed by atoms with Crippen molar-refractivity contribution < 1.29 is 14.6 Å². The van der Waals surface area contributed by atoms with E-state index in [2.05, 4.69) is 21.2 Å². The number of rotatable bonds is 1. The van der Waals surface area contributed by atoms with Gasteiger partial charge >= 0.3 is 6.09 Å². The Morgan fingerprint density at radius 2 is 2.36 bits per heavy atom. The second kappa shape index (κ2) is 3.49. The summed E-state index contributed by atoms with van der Waals surface area (Å²) in [6.45, 7) is 0.384. The first-order valence-electron chi connectivity index (χ1n) is 4.10. The normalized spacial score (nSPS) is 20.4. The van der Waals surface area contributed by atoms with Crippen LogP contribution in [-0.4, -0.2) is 17.7 Å². The van der Waals surface area contributed by atoms with Gasteiger partial charge in [-0.15, -0.1) is 0 Å². The van der Waals surface area contributed by atoms with Crippen molar-refractivity contribution >= 4 is 22.0 Å². The van der Waals surface area contributed by atoms with E-state index in [-0.39, 0.29) is 5.75 Å². The fraction of sp³-hybridized carbons (Fsp3) is 0.222. The number of ether oxygens (including phenoxy) is 1. The fourth-order valence-electron chi connectivity index (χ4n) is 1.39. The van der Waals surface area contributed by atoms with Gasteiger partial charge in [-0.05, 0) is 12.1 Å². The molecular formula is C9H8BrNO3. The van der Waals surface area contributed by atoms with E-state index in [0.717, 1.165) is 4.47 Å². The van der Waals surface area contributed by atoms with Crippen LogP contribution in [-0.2, 0) is 4.74 Å². The molecule has 1 aliphatic heterocycles. The van der Waals surface area contributed by atoms with Gasteiger partial charge in [0.25, 0.3) is 0 Å². The Kier molecular flexibility index (Phi) is 2.33. The van der Waals surface area contributed by atoms with Crippen LogP contribution in [0.5, 0.6) is 5.75 Å². The van der Waals surface area contributed by atoms with E-state index in [1.54, 1.807) is 18.2 Å². The van der Waals surface area contributed by atoms with Crippen LogP contribution in [0.1, 0.15) is 11.7 Å². The van der Waals surface area contributed by atoms with E-state index >= 15 is 0 Å². The van der Waals surface area contributed by atoms with Gasteiger partial charge in [0.15, 0.2) is 6.10 Å². The van der Waals surface area contributed by atoms with Crippen molar-refractivity contribution in [1.82, 2.24) is 5.32 Å². The number of phenolic OH excluding ortho intramolecular Hbond substituents is 1. The maximum Gasteiger partial charge on any atom is 0.407 e. The van der Waals surface area contributed by atoms with E-state index < -0.39 is 12.2 Å². The molecule has 1 aromatic carbocycles. The van der Waals surface area contributed by atoms with Gasteiger partial charge in [0, 0.05) is 4.47 Å². The summed E-state index contributed by atoms with van der Waals surface area (Å²) in [6, 6.07) is 5.07. The second-order valence-electron chi connectivity index (χ2n) is 2.95. The van der Waals surface area contributed by atoms with Gasteiger partial charge in [-0.2, -0.15) is 0 Å². The van der Waals surface area contributed by atoms with Gasteiger partial charge < -0.3 is 15.2 Å². The highest BCUT2D eigenvalue weighted by Gasteiger charge is 2.28. The Bertz CT molecular complexity index is 360. The number of phenols is 1. The molecular weight excluding hydrogens is 250 g/mol. The third-order valence-electron chi connectivity index (χ3n) is 2.03. The quantitative estimate of drug-likeness (QED) is 0.809. The standard InChI is InChI=1S/C9H8BrNO3/c10-5-2-1-3-6(12)8(5)7-4-11-9(13)14-7/h1-3,7,12H,4H2,(H,11,13). The monoisotopic (exact) mass is 257 g/mol. The van der Waals surface area contributed by atoms with Crippen molar-refractivity contribution in [2.75, 3.05) is 6.54 Å². The van der Waals surface area contributed by atoms with E-state index in [0.29, 0.717) is 12.1 Å². The van der Waals surface area contributed by atoms with Gasteiger partial charge in [-0.3, -0.25) is 0 Å². The minimum atomic E-state index is -0.454. The molecule has 1 saturated heterocycles. The number of carbonyl (C=O) groups excluding carboxylic acids is 1. The van der Waals surface area contributed by atoms with Crippen molar-refractivity contribution in [1.29, 1.82) is 0 Å². The predicted octanol–water partition coefficient (Wildman–Crippen LogP) is 1.94. The van der Waals surface area contributed by atoms with Crippen LogP contribution in [0.2, 0.25) is 0 Å². The Labute approximate surface area is 89.0 Å². The van der Waals surface area contributed by atoms with Crippen molar-refractivity contribution in [3.8, 4) is 5.75 Å². The van der Waals surface area contributed by atoms with Crippen molar-refractivity contribution in [2.45, 2.75) is 6.10 Å². The Balaban J connectivity index is 2.36. The zero-order valence-electron chi connectivity index (χ0n) is 7.16. The first-order chi connectivity index (χ1) is 6.68. The molecule has 1 unspecified atom stereocenters. The molecule has 0 aliphatic carbocycles. The largest absolute Gasteiger partial charge is 0.507 e. The molecule has 1 heterocycles. The minimum Gasteiger partial charge on any atom is -0.507 e. The minimum absolute atomic E-state index is 0.126. The lowest BCUT2D eigenvalue weighted by Gasteiger charge is -2.11. The van der Waals surface area contributed by atoms with E-state index in [1.165, 1.54) is 0 Å². The van der Waals surface area contributed by atoms with Crippen LogP contribution in [0.15, 0.2) is 22.7 Å². The fourth-order valence-corrected chi connectivity index (χ4v) is 2.00. The summed E-state index contributed by atoms with van der Waals surface area (Å²) in [6.07, 6.45) is -0.872. The highest BCUT2D eigenvalue weighted by molar-refractivity contribution is 9.10. The average Bonchev–Trinajstić information content (AvgIpc) is 2.51. The van der Waals surface area contributed by atoms with Gasteiger partial charge in [0.1, 0.15) is 5.75 Å². The maximum atomic E-state index is 10.8. The van der Waals surface area contributed by atoms with Crippen molar-refractivity contribution in [3.63, 3.8) is 0 Å². The Morgan fingerprint density at radius 1 is 1.57 bits per heavy atom. The number of benzene rings is 1. The average molecular weight is 258 g/mol. The highest BCUT2D eigenvalue weighted by atomic mass is 79.9. The summed E-state index contributed by atoms with van der Waals surface area (Å²) in [4.78, 5) is 10.8. The zero-order valence-corrected chi connectivity index (χ0v) is 8.74. The number of halogens is 1. The number of cyclic esters (lactones) is 1. The van der Waals surface area contributed by atoms with Gasteiger partial charge in [0.05, 0.1) is 12.1 Å². The molecule has 1 fully saturated rings. The maximum absolute atomic E-state index is 10.8. The number of carbonyl (C=O) groups is 1. The zero-order chi connectivity index (χ0) is 10.1. The predicted molar refractivity (Wildman–Crippen MR) is 53.0 cm³/mol. The first-order valence-corrected chi connectivity index (χ1v) is 4.89. The molecule has 0 aromatic heterocycles. The summed E-state index contributed by atoms with van der Waals surface area (Å²) >= 11 is 3.30. The van der Waals surface area contributed by atoms with Crippen LogP contribution < -0.4 is 5.32 Å². The summed E-state index contributed by atoms with van der Waals surface area (Å²) in [5.41, 5.74) is 0.603. The first kappa shape index (κ1) is 9.33.